The molecule has 0 bridgehead atoms. The molecule has 1 aromatic carbocycles. The molecule has 0 fully saturated rings. The van der Waals surface area contributed by atoms with E-state index in [-0.39, 0.29) is 11.0 Å². The number of carbonyl (C=O) groups excluding carboxylic acids is 2. The van der Waals surface area contributed by atoms with Crippen LogP contribution in [0.15, 0.2) is 27.8 Å². The van der Waals surface area contributed by atoms with E-state index < -0.39 is 11.9 Å². The Balaban J connectivity index is 1.51. The van der Waals surface area contributed by atoms with Gasteiger partial charge in [-0.15, -0.1) is 21.5 Å². The highest BCUT2D eigenvalue weighted by Crippen LogP contribution is 2.30. The van der Waals surface area contributed by atoms with Gasteiger partial charge in [-0.1, -0.05) is 29.5 Å². The van der Waals surface area contributed by atoms with Crippen molar-refractivity contribution in [1.82, 2.24) is 20.5 Å². The van der Waals surface area contributed by atoms with E-state index in [0.717, 1.165) is 38.5 Å². The van der Waals surface area contributed by atoms with Crippen molar-refractivity contribution < 1.29 is 14.0 Å². The third-order valence-electron chi connectivity index (χ3n) is 3.71. The number of imide groups is 1. The number of urea groups is 1. The van der Waals surface area contributed by atoms with Gasteiger partial charge in [0.05, 0.1) is 16.5 Å². The summed E-state index contributed by atoms with van der Waals surface area (Å²) in [5, 5.41) is 14.0. The summed E-state index contributed by atoms with van der Waals surface area (Å²) in [5.41, 5.74) is 3.49. The molecule has 3 rings (SSSR count). The van der Waals surface area contributed by atoms with Crippen molar-refractivity contribution in [2.75, 3.05) is 11.1 Å². The number of hydrogen-bond donors (Lipinski definition) is 2. The predicted molar refractivity (Wildman–Crippen MR) is 109 cm³/mol. The lowest BCUT2D eigenvalue weighted by Gasteiger charge is -2.09. The van der Waals surface area contributed by atoms with Crippen molar-refractivity contribution in [3.8, 4) is 10.8 Å². The molecule has 3 aromatic rings. The Morgan fingerprint density at radius 3 is 2.64 bits per heavy atom. The fraction of sp³-hybridized carbons (Fsp3) is 0.278. The summed E-state index contributed by atoms with van der Waals surface area (Å²) in [6.45, 7) is 7.64. The van der Waals surface area contributed by atoms with Gasteiger partial charge in [0.2, 0.25) is 5.91 Å². The highest BCUT2D eigenvalue weighted by Gasteiger charge is 2.16. The lowest BCUT2D eigenvalue weighted by atomic mass is 10.1. The van der Waals surface area contributed by atoms with Gasteiger partial charge in [-0.25, -0.2) is 9.78 Å². The van der Waals surface area contributed by atoms with E-state index in [1.165, 1.54) is 11.3 Å². The standard InChI is InChI=1S/C18H19N5O3S2/c1-9-5-6-13(10(2)7-9)20-17(25)21-14(24)8-27-18-23-22-16(26-18)15-11(3)19-12(4)28-15/h5-7H,8H2,1-4H3,(H2,20,21,24,25). The molecule has 2 N–H and O–H groups in total. The quantitative estimate of drug-likeness (QED) is 0.606. The number of thiazole rings is 1. The van der Waals surface area contributed by atoms with E-state index in [2.05, 4.69) is 25.8 Å². The van der Waals surface area contributed by atoms with E-state index in [4.69, 9.17) is 4.42 Å². The highest BCUT2D eigenvalue weighted by molar-refractivity contribution is 7.99. The summed E-state index contributed by atoms with van der Waals surface area (Å²) >= 11 is 2.53. The Bertz CT molecular complexity index is 1030. The van der Waals surface area contributed by atoms with Crippen LogP contribution in [-0.4, -0.2) is 32.9 Å². The molecule has 28 heavy (non-hydrogen) atoms. The number of aromatic nitrogens is 3. The van der Waals surface area contributed by atoms with Crippen molar-refractivity contribution in [2.45, 2.75) is 32.9 Å². The first-order chi connectivity index (χ1) is 13.3. The number of nitrogens with zero attached hydrogens (tertiary/aromatic N) is 3. The molecule has 3 amide bonds. The number of thioether (sulfide) groups is 1. The van der Waals surface area contributed by atoms with Gasteiger partial charge in [0, 0.05) is 5.69 Å². The molecule has 10 heteroatoms. The number of amides is 3. The van der Waals surface area contributed by atoms with Crippen molar-refractivity contribution in [3.05, 3.63) is 40.0 Å². The van der Waals surface area contributed by atoms with Crippen LogP contribution in [0.1, 0.15) is 21.8 Å². The predicted octanol–water partition coefficient (Wildman–Crippen LogP) is 3.87. The van der Waals surface area contributed by atoms with E-state index in [1.54, 1.807) is 6.07 Å². The van der Waals surface area contributed by atoms with Crippen molar-refractivity contribution in [1.29, 1.82) is 0 Å². The minimum Gasteiger partial charge on any atom is -0.410 e. The fourth-order valence-electron chi connectivity index (χ4n) is 2.49. The van der Waals surface area contributed by atoms with Gasteiger partial charge in [0.15, 0.2) is 0 Å². The zero-order valence-corrected chi connectivity index (χ0v) is 17.5. The lowest BCUT2D eigenvalue weighted by Crippen LogP contribution is -2.35. The molecule has 0 unspecified atom stereocenters. The molecule has 0 aliphatic rings. The van der Waals surface area contributed by atoms with Crippen molar-refractivity contribution >= 4 is 40.7 Å². The Morgan fingerprint density at radius 1 is 1.18 bits per heavy atom. The van der Waals surface area contributed by atoms with Crippen molar-refractivity contribution in [2.24, 2.45) is 0 Å². The second-order valence-electron chi connectivity index (χ2n) is 6.13. The molecule has 0 aliphatic carbocycles. The molecule has 2 heterocycles. The van der Waals surface area contributed by atoms with Gasteiger partial charge in [-0.2, -0.15) is 0 Å². The van der Waals surface area contributed by atoms with Gasteiger partial charge in [-0.05, 0) is 39.3 Å². The Kier molecular flexibility index (Phi) is 6.10. The number of hydrogen-bond acceptors (Lipinski definition) is 8. The summed E-state index contributed by atoms with van der Waals surface area (Å²) in [7, 11) is 0. The van der Waals surface area contributed by atoms with Gasteiger partial charge in [0.25, 0.3) is 11.1 Å². The monoisotopic (exact) mass is 417 g/mol. The van der Waals surface area contributed by atoms with E-state index >= 15 is 0 Å². The van der Waals surface area contributed by atoms with Gasteiger partial charge < -0.3 is 9.73 Å². The SMILES string of the molecule is Cc1ccc(NC(=O)NC(=O)CSc2nnc(-c3sc(C)nc3C)o2)c(C)c1. The number of rotatable bonds is 5. The Hall–Kier alpha value is -2.72. The fourth-order valence-corrected chi connectivity index (χ4v) is 3.89. The summed E-state index contributed by atoms with van der Waals surface area (Å²) in [6.07, 6.45) is 0. The Labute approximate surface area is 170 Å². The van der Waals surface area contributed by atoms with Crippen LogP contribution in [0.4, 0.5) is 10.5 Å². The third kappa shape index (κ3) is 4.96. The second-order valence-corrected chi connectivity index (χ2v) is 8.26. The van der Waals surface area contributed by atoms with E-state index in [0.29, 0.717) is 11.6 Å². The molecule has 0 saturated heterocycles. The van der Waals surface area contributed by atoms with Crippen LogP contribution in [0, 0.1) is 27.7 Å². The normalized spacial score (nSPS) is 10.7. The minimum absolute atomic E-state index is 0.0252. The first kappa shape index (κ1) is 20.0. The molecular formula is C18H19N5O3S2. The molecule has 0 aliphatic heterocycles. The molecule has 2 aromatic heterocycles. The third-order valence-corrected chi connectivity index (χ3v) is 5.59. The van der Waals surface area contributed by atoms with Gasteiger partial charge >= 0.3 is 6.03 Å². The maximum atomic E-state index is 12.0. The molecular weight excluding hydrogens is 398 g/mol. The largest absolute Gasteiger partial charge is 0.410 e. The molecule has 8 nitrogen and oxygen atoms in total. The minimum atomic E-state index is -0.584. The zero-order valence-electron chi connectivity index (χ0n) is 15.8. The Morgan fingerprint density at radius 2 is 1.96 bits per heavy atom. The number of carbonyl (C=O) groups is 2. The number of anilines is 1. The van der Waals surface area contributed by atoms with E-state index in [9.17, 15) is 9.59 Å². The smallest absolute Gasteiger partial charge is 0.325 e. The van der Waals surface area contributed by atoms with Crippen LogP contribution in [0.3, 0.4) is 0 Å². The number of aryl methyl sites for hydroxylation is 4. The van der Waals surface area contributed by atoms with Crippen LogP contribution >= 0.6 is 23.1 Å². The molecule has 0 radical (unpaired) electrons. The zero-order chi connectivity index (χ0) is 20.3. The summed E-state index contributed by atoms with van der Waals surface area (Å²) in [5.74, 6) is -0.113. The maximum Gasteiger partial charge on any atom is 0.325 e. The molecule has 0 saturated carbocycles. The van der Waals surface area contributed by atoms with Crippen LogP contribution in [0.5, 0.6) is 0 Å². The molecule has 146 valence electrons. The van der Waals surface area contributed by atoms with Crippen LogP contribution in [0.25, 0.3) is 10.8 Å². The van der Waals surface area contributed by atoms with Crippen LogP contribution in [0.2, 0.25) is 0 Å². The van der Waals surface area contributed by atoms with Crippen LogP contribution < -0.4 is 10.6 Å². The number of benzene rings is 1. The molecule has 0 spiro atoms. The topological polar surface area (TPSA) is 110 Å². The second kappa shape index (κ2) is 8.53. The average Bonchev–Trinajstić information content (AvgIpc) is 3.21. The van der Waals surface area contributed by atoms with Gasteiger partial charge in [-0.3, -0.25) is 10.1 Å². The molecule has 0 atom stereocenters. The van der Waals surface area contributed by atoms with Crippen LogP contribution in [-0.2, 0) is 4.79 Å². The highest BCUT2D eigenvalue weighted by atomic mass is 32.2. The lowest BCUT2D eigenvalue weighted by molar-refractivity contribution is -0.117. The summed E-state index contributed by atoms with van der Waals surface area (Å²) in [4.78, 5) is 29.1. The summed E-state index contributed by atoms with van der Waals surface area (Å²) < 4.78 is 5.57. The first-order valence-corrected chi connectivity index (χ1v) is 10.2. The maximum absolute atomic E-state index is 12.0. The first-order valence-electron chi connectivity index (χ1n) is 8.40. The summed E-state index contributed by atoms with van der Waals surface area (Å²) in [6, 6.07) is 5.05. The average molecular weight is 418 g/mol. The van der Waals surface area contributed by atoms with Gasteiger partial charge in [0.1, 0.15) is 4.88 Å². The van der Waals surface area contributed by atoms with E-state index in [1.807, 2.05) is 39.8 Å². The van der Waals surface area contributed by atoms with Crippen molar-refractivity contribution in [3.63, 3.8) is 0 Å². The number of nitrogens with one attached hydrogen (secondary N) is 2.